The van der Waals surface area contributed by atoms with Gasteiger partial charge in [-0.2, -0.15) is 4.57 Å². The Morgan fingerprint density at radius 3 is 2.74 bits per heavy atom. The van der Waals surface area contributed by atoms with Crippen molar-refractivity contribution in [1.82, 2.24) is 0 Å². The third-order valence-electron chi connectivity index (χ3n) is 5.62. The van der Waals surface area contributed by atoms with Crippen molar-refractivity contribution in [2.24, 2.45) is 0 Å². The summed E-state index contributed by atoms with van der Waals surface area (Å²) >= 11 is 9.21. The summed E-state index contributed by atoms with van der Waals surface area (Å²) in [7, 11) is -4.33. The minimum atomic E-state index is -4.33. The molecule has 180 valence electrons. The van der Waals surface area contributed by atoms with Crippen LogP contribution in [0.3, 0.4) is 0 Å². The van der Waals surface area contributed by atoms with Crippen molar-refractivity contribution in [2.75, 3.05) is 17.2 Å². The van der Waals surface area contributed by atoms with Gasteiger partial charge in [-0.25, -0.2) is 13.2 Å². The molecule has 1 aromatic heterocycles. The number of aromatic nitrogens is 1. The molecule has 0 saturated carbocycles. The molecule has 1 aliphatic heterocycles. The van der Waals surface area contributed by atoms with Gasteiger partial charge in [-0.05, 0) is 42.1 Å². The molecule has 1 N–H and O–H groups in total. The molecule has 0 radical (unpaired) electrons. The van der Waals surface area contributed by atoms with Gasteiger partial charge in [-0.15, -0.1) is 0 Å². The normalized spacial score (nSPS) is 14.8. The van der Waals surface area contributed by atoms with Crippen LogP contribution in [-0.2, 0) is 21.5 Å². The summed E-state index contributed by atoms with van der Waals surface area (Å²) in [6.45, 7) is 0.103. The third kappa shape index (κ3) is 5.03. The number of rotatable bonds is 7. The second-order valence-electron chi connectivity index (χ2n) is 8.02. The molecule has 2 heterocycles. The fourth-order valence-corrected chi connectivity index (χ4v) is 7.13. The Balaban J connectivity index is 1.63. The van der Waals surface area contributed by atoms with E-state index in [2.05, 4.69) is 0 Å². The molecule has 4 aromatic rings. The van der Waals surface area contributed by atoms with Crippen LogP contribution >= 0.6 is 34.7 Å². The van der Waals surface area contributed by atoms with E-state index in [1.807, 2.05) is 53.4 Å². The predicted molar refractivity (Wildman–Crippen MR) is 139 cm³/mol. The van der Waals surface area contributed by atoms with Crippen LogP contribution in [-0.4, -0.2) is 36.3 Å². The summed E-state index contributed by atoms with van der Waals surface area (Å²) in [5.74, 6) is -1.42. The molecule has 11 heteroatoms. The number of thiazole rings is 1. The van der Waals surface area contributed by atoms with Crippen LogP contribution < -0.4 is 9.47 Å². The Morgan fingerprint density at radius 1 is 1.17 bits per heavy atom. The molecule has 0 bridgehead atoms. The standard InChI is InChI=1S/C24H19ClN2O5S3/c25-16-7-9-19-18(12-16)26(10-3-11-35(30,31)32)21(33-19)13-22-27(14-23(28)29)24-17-5-2-1-4-15(17)6-8-20(24)34-22/h1-2,4-9,12-13H,3,10-11,14H2,(H-,28,29,30,31,32). The van der Waals surface area contributed by atoms with Gasteiger partial charge < -0.3 is 14.6 Å². The van der Waals surface area contributed by atoms with Crippen LogP contribution in [0.4, 0.5) is 5.69 Å². The molecule has 5 rings (SSSR count). The maximum Gasteiger partial charge on any atom is 0.370 e. The number of nitrogens with zero attached hydrogens (tertiary/aromatic N) is 2. The van der Waals surface area contributed by atoms with Crippen molar-refractivity contribution < 1.29 is 27.4 Å². The molecule has 1 aliphatic rings. The van der Waals surface area contributed by atoms with E-state index in [1.165, 1.54) is 23.1 Å². The Morgan fingerprint density at radius 2 is 1.97 bits per heavy atom. The van der Waals surface area contributed by atoms with Crippen molar-refractivity contribution in [2.45, 2.75) is 17.9 Å². The number of benzene rings is 3. The van der Waals surface area contributed by atoms with Crippen molar-refractivity contribution in [3.63, 3.8) is 0 Å². The second-order valence-corrected chi connectivity index (χ2v) is 12.1. The first-order valence-electron chi connectivity index (χ1n) is 10.7. The van der Waals surface area contributed by atoms with Crippen molar-refractivity contribution in [1.29, 1.82) is 0 Å². The van der Waals surface area contributed by atoms with E-state index >= 15 is 0 Å². The fourth-order valence-electron chi connectivity index (χ4n) is 4.19. The monoisotopic (exact) mass is 546 g/mol. The number of carboxylic acids is 1. The number of hydrogen-bond acceptors (Lipinski definition) is 7. The quantitative estimate of drug-likeness (QED) is 0.259. The molecule has 0 spiro atoms. The van der Waals surface area contributed by atoms with Crippen molar-refractivity contribution in [3.8, 4) is 0 Å². The molecule has 35 heavy (non-hydrogen) atoms. The summed E-state index contributed by atoms with van der Waals surface area (Å²) in [5.41, 5.74) is 1.68. The Kier molecular flexibility index (Phi) is 6.49. The molecule has 0 amide bonds. The lowest BCUT2D eigenvalue weighted by Crippen LogP contribution is -2.39. The highest BCUT2D eigenvalue weighted by Gasteiger charge is 2.29. The molecule has 0 saturated heterocycles. The van der Waals surface area contributed by atoms with E-state index < -0.39 is 21.8 Å². The van der Waals surface area contributed by atoms with Gasteiger partial charge in [-0.1, -0.05) is 59.0 Å². The number of hydrogen-bond donors (Lipinski definition) is 1. The van der Waals surface area contributed by atoms with Gasteiger partial charge in [-0.3, -0.25) is 0 Å². The maximum absolute atomic E-state index is 11.8. The predicted octanol–water partition coefficient (Wildman–Crippen LogP) is 4.93. The van der Waals surface area contributed by atoms with E-state index in [4.69, 9.17) is 11.6 Å². The van der Waals surface area contributed by atoms with E-state index in [-0.39, 0.29) is 13.0 Å². The van der Waals surface area contributed by atoms with Crippen LogP contribution in [0.15, 0.2) is 64.5 Å². The lowest BCUT2D eigenvalue weighted by molar-refractivity contribution is -0.656. The van der Waals surface area contributed by atoms with Crippen LogP contribution in [0.5, 0.6) is 0 Å². The maximum atomic E-state index is 11.8. The Bertz CT molecular complexity index is 1610. The smallest absolute Gasteiger partial charge is 0.370 e. The molecule has 0 atom stereocenters. The topological polar surface area (TPSA) is 102 Å². The number of halogens is 1. The van der Waals surface area contributed by atoms with Gasteiger partial charge >= 0.3 is 5.97 Å². The summed E-state index contributed by atoms with van der Waals surface area (Å²) in [6.07, 6.45) is 2.08. The fraction of sp³-hybridized carbons (Fsp3) is 0.167. The first-order chi connectivity index (χ1) is 16.7. The highest BCUT2D eigenvalue weighted by molar-refractivity contribution is 8.03. The van der Waals surface area contributed by atoms with E-state index in [0.29, 0.717) is 11.6 Å². The first kappa shape index (κ1) is 24.1. The number of fused-ring (bicyclic) bond motifs is 4. The van der Waals surface area contributed by atoms with Crippen LogP contribution in [0, 0.1) is 0 Å². The zero-order valence-electron chi connectivity index (χ0n) is 18.2. The highest BCUT2D eigenvalue weighted by Crippen LogP contribution is 2.48. The summed E-state index contributed by atoms with van der Waals surface area (Å²) in [6, 6.07) is 17.4. The van der Waals surface area contributed by atoms with Gasteiger partial charge in [0.1, 0.15) is 4.70 Å². The first-order valence-corrected chi connectivity index (χ1v) is 14.2. The molecular weight excluding hydrogens is 528 g/mol. The molecule has 0 unspecified atom stereocenters. The Labute approximate surface area is 215 Å². The average molecular weight is 547 g/mol. The van der Waals surface area contributed by atoms with E-state index in [9.17, 15) is 22.9 Å². The van der Waals surface area contributed by atoms with Gasteiger partial charge in [0.2, 0.25) is 12.1 Å². The minimum Gasteiger partial charge on any atom is -0.748 e. The van der Waals surface area contributed by atoms with Gasteiger partial charge in [0.15, 0.2) is 0 Å². The lowest BCUT2D eigenvalue weighted by atomic mass is 10.1. The number of carbonyl (C=O) groups is 1. The van der Waals surface area contributed by atoms with Crippen LogP contribution in [0.1, 0.15) is 11.4 Å². The summed E-state index contributed by atoms with van der Waals surface area (Å²) in [5, 5.41) is 13.8. The SMILES string of the molecule is O=C(O)C[n+]1c(/C=C2\Sc3ccc(Cl)cc3N2CCCS(=O)(=O)[O-])sc2ccc3ccccc3c21. The second kappa shape index (κ2) is 9.44. The average Bonchev–Trinajstić information content (AvgIpc) is 3.30. The number of aliphatic carboxylic acids is 1. The summed E-state index contributed by atoms with van der Waals surface area (Å²) < 4.78 is 36.2. The number of anilines is 1. The molecular formula is C24H19ClN2O5S3. The number of thioether (sulfide) groups is 1. The Hall–Kier alpha value is -2.63. The van der Waals surface area contributed by atoms with Crippen molar-refractivity contribution >= 4 is 83.5 Å². The molecule has 3 aromatic carbocycles. The van der Waals surface area contributed by atoms with Crippen LogP contribution in [0.2, 0.25) is 5.02 Å². The highest BCUT2D eigenvalue weighted by atomic mass is 35.5. The zero-order valence-corrected chi connectivity index (χ0v) is 21.4. The van der Waals surface area contributed by atoms with Gasteiger partial charge in [0, 0.05) is 22.2 Å². The minimum absolute atomic E-state index is 0.155. The van der Waals surface area contributed by atoms with E-state index in [1.54, 1.807) is 16.7 Å². The lowest BCUT2D eigenvalue weighted by Gasteiger charge is -2.20. The zero-order chi connectivity index (χ0) is 24.7. The third-order valence-corrected chi connectivity index (χ3v) is 8.86. The van der Waals surface area contributed by atoms with Crippen LogP contribution in [0.25, 0.3) is 27.1 Å². The molecule has 7 nitrogen and oxygen atoms in total. The molecule has 0 fully saturated rings. The van der Waals surface area contributed by atoms with Gasteiger partial charge in [0.05, 0.1) is 32.3 Å². The summed E-state index contributed by atoms with van der Waals surface area (Å²) in [4.78, 5) is 14.7. The number of carboxylic acid groups (broad SMARTS) is 1. The van der Waals surface area contributed by atoms with Gasteiger partial charge in [0.25, 0.3) is 5.01 Å². The molecule has 0 aliphatic carbocycles. The van der Waals surface area contributed by atoms with E-state index in [0.717, 1.165) is 41.6 Å². The van der Waals surface area contributed by atoms with Crippen molar-refractivity contribution in [3.05, 3.63) is 69.7 Å². The largest absolute Gasteiger partial charge is 0.748 e.